The standard InChI is InChI=1S/C12H16F3N2/c1-17(2)8-7-16-9-10-5-3-4-6-11(10)12(13,14)15/h3-6H,7-9H2,1-2H3/q-1. The summed E-state index contributed by atoms with van der Waals surface area (Å²) in [6, 6.07) is 5.57. The van der Waals surface area contributed by atoms with E-state index < -0.39 is 11.7 Å². The van der Waals surface area contributed by atoms with E-state index in [0.717, 1.165) is 12.6 Å². The van der Waals surface area contributed by atoms with Crippen molar-refractivity contribution < 1.29 is 13.2 Å². The normalized spacial score (nSPS) is 12.1. The maximum Gasteiger partial charge on any atom is 0.416 e. The van der Waals surface area contributed by atoms with Crippen molar-refractivity contribution in [2.24, 2.45) is 0 Å². The topological polar surface area (TPSA) is 17.3 Å². The molecule has 96 valence electrons. The SMILES string of the molecule is CN(C)CC[N-]Cc1ccccc1C(F)(F)F. The van der Waals surface area contributed by atoms with Gasteiger partial charge in [-0.05, 0) is 26.7 Å². The minimum absolute atomic E-state index is 0.115. The van der Waals surface area contributed by atoms with Crippen LogP contribution >= 0.6 is 0 Å². The Bertz CT molecular complexity index is 348. The van der Waals surface area contributed by atoms with Gasteiger partial charge in [-0.1, -0.05) is 23.8 Å². The largest absolute Gasteiger partial charge is 0.657 e. The first-order valence-electron chi connectivity index (χ1n) is 5.34. The summed E-state index contributed by atoms with van der Waals surface area (Å²) in [6.45, 7) is 1.40. The Labute approximate surface area is 99.4 Å². The number of alkyl halides is 3. The number of benzene rings is 1. The van der Waals surface area contributed by atoms with E-state index in [2.05, 4.69) is 5.32 Å². The second-order valence-corrected chi connectivity index (χ2v) is 4.06. The van der Waals surface area contributed by atoms with Crippen molar-refractivity contribution >= 4 is 0 Å². The van der Waals surface area contributed by atoms with Crippen molar-refractivity contribution in [3.8, 4) is 0 Å². The van der Waals surface area contributed by atoms with Crippen LogP contribution in [0, 0.1) is 0 Å². The van der Waals surface area contributed by atoms with Crippen molar-refractivity contribution in [3.63, 3.8) is 0 Å². The quantitative estimate of drug-likeness (QED) is 0.728. The lowest BCUT2D eigenvalue weighted by Crippen LogP contribution is -2.16. The number of nitrogens with zero attached hydrogens (tertiary/aromatic N) is 2. The maximum absolute atomic E-state index is 12.6. The predicted molar refractivity (Wildman–Crippen MR) is 61.9 cm³/mol. The minimum Gasteiger partial charge on any atom is -0.657 e. The molecule has 1 aromatic rings. The molecule has 1 rings (SSSR count). The summed E-state index contributed by atoms with van der Waals surface area (Å²) in [5.41, 5.74) is -0.354. The van der Waals surface area contributed by atoms with Gasteiger partial charge in [0.1, 0.15) is 0 Å². The highest BCUT2D eigenvalue weighted by Gasteiger charge is 2.31. The van der Waals surface area contributed by atoms with Gasteiger partial charge in [-0.25, -0.2) is 0 Å². The van der Waals surface area contributed by atoms with Crippen LogP contribution in [0.25, 0.3) is 5.32 Å². The molecule has 0 N–H and O–H groups in total. The molecule has 17 heavy (non-hydrogen) atoms. The second kappa shape index (κ2) is 6.02. The fourth-order valence-corrected chi connectivity index (χ4v) is 1.40. The zero-order valence-corrected chi connectivity index (χ0v) is 9.96. The van der Waals surface area contributed by atoms with Crippen LogP contribution in [-0.4, -0.2) is 32.1 Å². The van der Waals surface area contributed by atoms with E-state index in [-0.39, 0.29) is 12.1 Å². The first kappa shape index (κ1) is 14.0. The van der Waals surface area contributed by atoms with Gasteiger partial charge in [-0.15, -0.1) is 13.1 Å². The Morgan fingerprint density at radius 2 is 1.82 bits per heavy atom. The third-order valence-corrected chi connectivity index (χ3v) is 2.31. The zero-order valence-electron chi connectivity index (χ0n) is 9.96. The van der Waals surface area contributed by atoms with Gasteiger partial charge in [0, 0.05) is 0 Å². The van der Waals surface area contributed by atoms with E-state index in [9.17, 15) is 13.2 Å². The molecule has 2 nitrogen and oxygen atoms in total. The Kier molecular flexibility index (Phi) is 4.96. The molecule has 0 radical (unpaired) electrons. The number of halogens is 3. The van der Waals surface area contributed by atoms with E-state index in [1.54, 1.807) is 6.07 Å². The molecule has 0 aliphatic rings. The van der Waals surface area contributed by atoms with Crippen LogP contribution in [-0.2, 0) is 12.7 Å². The monoisotopic (exact) mass is 245 g/mol. The molecular formula is C12H16F3N2-. The van der Waals surface area contributed by atoms with E-state index in [1.165, 1.54) is 12.1 Å². The molecule has 0 spiro atoms. The van der Waals surface area contributed by atoms with E-state index in [4.69, 9.17) is 0 Å². The van der Waals surface area contributed by atoms with Crippen molar-refractivity contribution in [1.29, 1.82) is 0 Å². The van der Waals surface area contributed by atoms with Gasteiger partial charge >= 0.3 is 6.18 Å². The van der Waals surface area contributed by atoms with Gasteiger partial charge in [-0.3, -0.25) is 0 Å². The van der Waals surface area contributed by atoms with Crippen molar-refractivity contribution in [2.75, 3.05) is 27.2 Å². The Morgan fingerprint density at radius 3 is 2.41 bits per heavy atom. The highest BCUT2D eigenvalue weighted by Crippen LogP contribution is 2.32. The van der Waals surface area contributed by atoms with Crippen molar-refractivity contribution in [3.05, 3.63) is 40.7 Å². The molecule has 0 atom stereocenters. The molecule has 0 saturated carbocycles. The van der Waals surface area contributed by atoms with Gasteiger partial charge in [0.05, 0.1) is 5.56 Å². The molecule has 0 unspecified atom stereocenters. The second-order valence-electron chi connectivity index (χ2n) is 4.06. The Morgan fingerprint density at radius 1 is 1.18 bits per heavy atom. The van der Waals surface area contributed by atoms with Gasteiger partial charge in [0.25, 0.3) is 0 Å². The molecule has 0 bridgehead atoms. The number of likely N-dealkylation sites (N-methyl/N-ethyl adjacent to an activating group) is 1. The number of hydrogen-bond acceptors (Lipinski definition) is 1. The summed E-state index contributed by atoms with van der Waals surface area (Å²) in [4.78, 5) is 1.94. The first-order chi connectivity index (χ1) is 7.91. The summed E-state index contributed by atoms with van der Waals surface area (Å²) in [6.07, 6.45) is -4.30. The van der Waals surface area contributed by atoms with Crippen LogP contribution in [0.15, 0.2) is 24.3 Å². The molecule has 1 aromatic carbocycles. The van der Waals surface area contributed by atoms with Gasteiger partial charge in [-0.2, -0.15) is 13.2 Å². The molecule has 5 heteroatoms. The van der Waals surface area contributed by atoms with Crippen molar-refractivity contribution in [2.45, 2.75) is 12.7 Å². The van der Waals surface area contributed by atoms with Gasteiger partial charge in [0.2, 0.25) is 0 Å². The lowest BCUT2D eigenvalue weighted by molar-refractivity contribution is -0.138. The molecule has 0 heterocycles. The van der Waals surface area contributed by atoms with E-state index in [1.807, 2.05) is 19.0 Å². The first-order valence-corrected chi connectivity index (χ1v) is 5.34. The summed E-state index contributed by atoms with van der Waals surface area (Å²) in [5.74, 6) is 0. The molecule has 0 aliphatic carbocycles. The highest BCUT2D eigenvalue weighted by atomic mass is 19.4. The average molecular weight is 245 g/mol. The average Bonchev–Trinajstić information content (AvgIpc) is 2.23. The smallest absolute Gasteiger partial charge is 0.416 e. The molecule has 0 aliphatic heterocycles. The maximum atomic E-state index is 12.6. The predicted octanol–water partition coefficient (Wildman–Crippen LogP) is 3.14. The highest BCUT2D eigenvalue weighted by molar-refractivity contribution is 5.31. The lowest BCUT2D eigenvalue weighted by Gasteiger charge is -2.23. The fourth-order valence-electron chi connectivity index (χ4n) is 1.40. The summed E-state index contributed by atoms with van der Waals surface area (Å²) in [5, 5.41) is 4.11. The molecule has 0 amide bonds. The fraction of sp³-hybridized carbons (Fsp3) is 0.500. The number of hydrogen-bond donors (Lipinski definition) is 0. The number of rotatable bonds is 5. The summed E-state index contributed by atoms with van der Waals surface area (Å²) in [7, 11) is 3.80. The Hall–Kier alpha value is -1.07. The molecule has 0 fully saturated rings. The lowest BCUT2D eigenvalue weighted by atomic mass is 10.1. The van der Waals surface area contributed by atoms with Crippen LogP contribution in [0.4, 0.5) is 13.2 Å². The van der Waals surface area contributed by atoms with Crippen LogP contribution in [0.3, 0.4) is 0 Å². The van der Waals surface area contributed by atoms with Gasteiger partial charge in [0.15, 0.2) is 0 Å². The minimum atomic E-state index is -4.30. The van der Waals surface area contributed by atoms with Crippen molar-refractivity contribution in [1.82, 2.24) is 4.90 Å². The van der Waals surface area contributed by atoms with Crippen LogP contribution in [0.5, 0.6) is 0 Å². The third kappa shape index (κ3) is 4.75. The van der Waals surface area contributed by atoms with E-state index >= 15 is 0 Å². The van der Waals surface area contributed by atoms with Gasteiger partial charge < -0.3 is 10.2 Å². The Balaban J connectivity index is 2.59. The third-order valence-electron chi connectivity index (χ3n) is 2.31. The zero-order chi connectivity index (χ0) is 12.9. The van der Waals surface area contributed by atoms with Crippen LogP contribution in [0.1, 0.15) is 11.1 Å². The summed E-state index contributed by atoms with van der Waals surface area (Å²) >= 11 is 0. The molecule has 0 saturated heterocycles. The van der Waals surface area contributed by atoms with E-state index in [0.29, 0.717) is 6.54 Å². The molecule has 0 aromatic heterocycles. The summed E-state index contributed by atoms with van der Waals surface area (Å²) < 4.78 is 37.9. The van der Waals surface area contributed by atoms with Crippen LogP contribution < -0.4 is 0 Å². The van der Waals surface area contributed by atoms with Crippen LogP contribution in [0.2, 0.25) is 0 Å². The molecular weight excluding hydrogens is 229 g/mol.